The van der Waals surface area contributed by atoms with Gasteiger partial charge in [-0.05, 0) is 0 Å². The molecule has 0 bridgehead atoms. The van der Waals surface area contributed by atoms with Crippen LogP contribution in [0.5, 0.6) is 0 Å². The van der Waals surface area contributed by atoms with Crippen LogP contribution in [-0.4, -0.2) is 62.3 Å². The van der Waals surface area contributed by atoms with E-state index in [2.05, 4.69) is 27.4 Å². The standard InChI is InChI=1S/C11H19O4.3C4H9.Sn/c1-3-9(15-8-13-2)11(12)10-6-4-5-7-14-10;3*1-3-4-2;/h9-12H,1,4-8H2,2H3;3*1,3-4H2,2H3;/t9-,10-,11-;;;;/m0..../s1. The molecule has 0 radical (unpaired) electrons. The zero-order valence-corrected chi connectivity index (χ0v) is 21.9. The Labute approximate surface area is 178 Å². The second kappa shape index (κ2) is 15.2. The van der Waals surface area contributed by atoms with Gasteiger partial charge in [0.25, 0.3) is 0 Å². The first-order valence-electron chi connectivity index (χ1n) is 11.7. The van der Waals surface area contributed by atoms with Gasteiger partial charge in [0.1, 0.15) is 0 Å². The summed E-state index contributed by atoms with van der Waals surface area (Å²) in [4.78, 5) is 0. The Hall–Kier alpha value is 0.379. The molecule has 0 aliphatic carbocycles. The summed E-state index contributed by atoms with van der Waals surface area (Å²) in [7, 11) is 1.64. The summed E-state index contributed by atoms with van der Waals surface area (Å²) in [5.74, 6) is 0. The van der Waals surface area contributed by atoms with Crippen LogP contribution in [-0.2, 0) is 14.2 Å². The van der Waals surface area contributed by atoms with Crippen molar-refractivity contribution >= 4 is 18.4 Å². The molecule has 1 N–H and O–H groups in total. The van der Waals surface area contributed by atoms with Crippen molar-refractivity contribution in [1.82, 2.24) is 0 Å². The monoisotopic (exact) mass is 506 g/mol. The first-order valence-corrected chi connectivity index (χ1v) is 19.1. The minimum absolute atomic E-state index is 0.139. The van der Waals surface area contributed by atoms with Crippen molar-refractivity contribution < 1.29 is 19.3 Å². The van der Waals surface area contributed by atoms with Gasteiger partial charge in [-0.1, -0.05) is 0 Å². The van der Waals surface area contributed by atoms with Crippen molar-refractivity contribution in [3.05, 3.63) is 10.2 Å². The third-order valence-electron chi connectivity index (χ3n) is 6.32. The summed E-state index contributed by atoms with van der Waals surface area (Å²) in [6, 6.07) is 0. The molecule has 1 fully saturated rings. The Balaban J connectivity index is 3.11. The van der Waals surface area contributed by atoms with E-state index in [-0.39, 0.29) is 19.0 Å². The zero-order valence-electron chi connectivity index (χ0n) is 19.0. The van der Waals surface area contributed by atoms with Gasteiger partial charge in [-0.3, -0.25) is 0 Å². The van der Waals surface area contributed by atoms with Crippen LogP contribution in [0, 0.1) is 0 Å². The molecule has 1 heterocycles. The number of unbranched alkanes of at least 4 members (excludes halogenated alkanes) is 3. The van der Waals surface area contributed by atoms with Crippen molar-refractivity contribution in [1.29, 1.82) is 0 Å². The predicted octanol–water partition coefficient (Wildman–Crippen LogP) is 5.85. The van der Waals surface area contributed by atoms with Crippen LogP contribution < -0.4 is 0 Å². The van der Waals surface area contributed by atoms with Gasteiger partial charge < -0.3 is 0 Å². The Morgan fingerprint density at radius 1 is 1.07 bits per heavy atom. The maximum atomic E-state index is 11.2. The SMILES string of the molecule is C=[C]([C@H](OCOC)[C@H](O)[C@@H]1CCCCO1)[Sn]([CH2]CCC)([CH2]CCC)[CH2]CCC. The number of rotatable bonds is 16. The van der Waals surface area contributed by atoms with E-state index in [0.717, 1.165) is 25.9 Å². The van der Waals surface area contributed by atoms with E-state index in [1.807, 2.05) is 0 Å². The summed E-state index contributed by atoms with van der Waals surface area (Å²) >= 11 is -2.72. The van der Waals surface area contributed by atoms with Crippen LogP contribution in [0.1, 0.15) is 78.6 Å². The molecule has 28 heavy (non-hydrogen) atoms. The summed E-state index contributed by atoms with van der Waals surface area (Å²) in [5.41, 5.74) is 0. The van der Waals surface area contributed by atoms with Crippen molar-refractivity contribution in [3.63, 3.8) is 0 Å². The molecule has 1 rings (SSSR count). The third-order valence-corrected chi connectivity index (χ3v) is 22.2. The molecule has 4 nitrogen and oxygen atoms in total. The van der Waals surface area contributed by atoms with E-state index in [0.29, 0.717) is 0 Å². The predicted molar refractivity (Wildman–Crippen MR) is 120 cm³/mol. The molecule has 3 atom stereocenters. The van der Waals surface area contributed by atoms with Crippen molar-refractivity contribution in [2.45, 2.75) is 110 Å². The van der Waals surface area contributed by atoms with Crippen LogP contribution in [0.4, 0.5) is 0 Å². The molecule has 1 saturated heterocycles. The van der Waals surface area contributed by atoms with Crippen molar-refractivity contribution in [2.75, 3.05) is 20.5 Å². The second-order valence-electron chi connectivity index (χ2n) is 8.51. The van der Waals surface area contributed by atoms with E-state index >= 15 is 0 Å². The van der Waals surface area contributed by atoms with Gasteiger partial charge in [0, 0.05) is 0 Å². The molecular formula is C23H46O4Sn. The van der Waals surface area contributed by atoms with Crippen LogP contribution >= 0.6 is 0 Å². The summed E-state index contributed by atoms with van der Waals surface area (Å²) in [6.45, 7) is 12.4. The van der Waals surface area contributed by atoms with E-state index < -0.39 is 24.5 Å². The van der Waals surface area contributed by atoms with E-state index in [1.165, 1.54) is 55.4 Å². The molecular weight excluding hydrogens is 459 g/mol. The van der Waals surface area contributed by atoms with Crippen molar-refractivity contribution in [2.24, 2.45) is 0 Å². The molecule has 0 amide bonds. The quantitative estimate of drug-likeness (QED) is 0.211. The summed E-state index contributed by atoms with van der Waals surface area (Å²) in [5, 5.41) is 11.2. The summed E-state index contributed by atoms with van der Waals surface area (Å²) < 4.78 is 22.5. The first kappa shape index (κ1) is 26.4. The van der Waals surface area contributed by atoms with Gasteiger partial charge in [0.15, 0.2) is 0 Å². The molecule has 0 saturated carbocycles. The van der Waals surface area contributed by atoms with Crippen LogP contribution in [0.15, 0.2) is 10.2 Å². The van der Waals surface area contributed by atoms with E-state index in [1.54, 1.807) is 7.11 Å². The number of ether oxygens (including phenoxy) is 3. The third kappa shape index (κ3) is 8.25. The minimum atomic E-state index is -2.72. The Kier molecular flexibility index (Phi) is 14.4. The van der Waals surface area contributed by atoms with Crippen molar-refractivity contribution in [3.8, 4) is 0 Å². The second-order valence-corrected chi connectivity index (χ2v) is 21.9. The van der Waals surface area contributed by atoms with Gasteiger partial charge in [-0.25, -0.2) is 0 Å². The van der Waals surface area contributed by atoms with Gasteiger partial charge >= 0.3 is 179 Å². The number of hydrogen-bond donors (Lipinski definition) is 1. The number of hydrogen-bond acceptors (Lipinski definition) is 4. The van der Waals surface area contributed by atoms with Gasteiger partial charge in [-0.15, -0.1) is 0 Å². The van der Waals surface area contributed by atoms with Gasteiger partial charge in [0.05, 0.1) is 0 Å². The first-order chi connectivity index (χ1) is 13.6. The normalized spacial score (nSPS) is 20.1. The maximum absolute atomic E-state index is 11.2. The van der Waals surface area contributed by atoms with Crippen LogP contribution in [0.25, 0.3) is 0 Å². The zero-order chi connectivity index (χ0) is 20.8. The van der Waals surface area contributed by atoms with Crippen LogP contribution in [0.2, 0.25) is 13.3 Å². The molecule has 0 spiro atoms. The molecule has 0 aromatic carbocycles. The van der Waals surface area contributed by atoms with E-state index in [4.69, 9.17) is 14.2 Å². The molecule has 1 aliphatic rings. The number of aliphatic hydroxyl groups excluding tert-OH is 1. The molecule has 166 valence electrons. The Morgan fingerprint density at radius 2 is 1.64 bits per heavy atom. The molecule has 0 unspecified atom stereocenters. The van der Waals surface area contributed by atoms with E-state index in [9.17, 15) is 5.11 Å². The fourth-order valence-corrected chi connectivity index (χ4v) is 20.6. The molecule has 5 heteroatoms. The molecule has 0 aromatic heterocycles. The fourth-order valence-electron chi connectivity index (χ4n) is 4.48. The number of methoxy groups -OCH3 is 1. The molecule has 0 aromatic rings. The fraction of sp³-hybridized carbons (Fsp3) is 0.913. The van der Waals surface area contributed by atoms with Gasteiger partial charge in [0.2, 0.25) is 0 Å². The molecule has 1 aliphatic heterocycles. The Morgan fingerprint density at radius 3 is 2.07 bits per heavy atom. The van der Waals surface area contributed by atoms with Crippen LogP contribution in [0.3, 0.4) is 0 Å². The Bertz CT molecular complexity index is 388. The summed E-state index contributed by atoms with van der Waals surface area (Å²) in [6.07, 6.45) is 9.48. The average Bonchev–Trinajstić information content (AvgIpc) is 2.74. The topological polar surface area (TPSA) is 47.9 Å². The average molecular weight is 505 g/mol. The van der Waals surface area contributed by atoms with Gasteiger partial charge in [-0.2, -0.15) is 0 Å². The number of aliphatic hydroxyl groups is 1.